The highest BCUT2D eigenvalue weighted by atomic mass is 19.4. The van der Waals surface area contributed by atoms with Gasteiger partial charge in [0, 0.05) is 17.3 Å². The Morgan fingerprint density at radius 2 is 1.83 bits per heavy atom. The number of rotatable bonds is 2. The molecule has 0 aliphatic heterocycles. The van der Waals surface area contributed by atoms with Crippen LogP contribution in [-0.2, 0) is 6.18 Å². The number of aromatic nitrogens is 1. The first-order chi connectivity index (χ1) is 11.4. The van der Waals surface area contributed by atoms with Crippen LogP contribution >= 0.6 is 0 Å². The molecular weight excluding hydrogens is 321 g/mol. The van der Waals surface area contributed by atoms with Gasteiger partial charge in [-0.05, 0) is 36.4 Å². The molecule has 0 saturated heterocycles. The number of carbonyl (C=O) groups is 1. The predicted octanol–water partition coefficient (Wildman–Crippen LogP) is 4.06. The Kier molecular flexibility index (Phi) is 3.84. The van der Waals surface area contributed by atoms with E-state index in [0.29, 0.717) is 5.39 Å². The number of hydrogen-bond acceptors (Lipinski definition) is 4. The molecule has 0 fully saturated rings. The van der Waals surface area contributed by atoms with Crippen molar-refractivity contribution in [1.29, 1.82) is 0 Å². The fourth-order valence-corrected chi connectivity index (χ4v) is 2.22. The van der Waals surface area contributed by atoms with Crippen LogP contribution in [0.1, 0.15) is 15.9 Å². The van der Waals surface area contributed by atoms with Crippen LogP contribution in [0.25, 0.3) is 10.9 Å². The molecule has 122 valence electrons. The molecule has 0 radical (unpaired) electrons. The highest BCUT2D eigenvalue weighted by molar-refractivity contribution is 5.98. The first-order valence-electron chi connectivity index (χ1n) is 6.89. The van der Waals surface area contributed by atoms with Gasteiger partial charge >= 0.3 is 12.1 Å². The van der Waals surface area contributed by atoms with Gasteiger partial charge in [-0.3, -0.25) is 4.98 Å². The smallest absolute Gasteiger partial charge is 0.416 e. The van der Waals surface area contributed by atoms with Crippen molar-refractivity contribution < 1.29 is 22.7 Å². The third-order valence-electron chi connectivity index (χ3n) is 3.41. The maximum absolute atomic E-state index is 12.8. The van der Waals surface area contributed by atoms with E-state index in [1.165, 1.54) is 24.4 Å². The molecule has 0 saturated carbocycles. The van der Waals surface area contributed by atoms with E-state index in [-0.39, 0.29) is 22.5 Å². The highest BCUT2D eigenvalue weighted by Crippen LogP contribution is 2.33. The number of halogens is 3. The highest BCUT2D eigenvalue weighted by Gasteiger charge is 2.30. The number of nitrogen functional groups attached to an aromatic ring is 1. The van der Waals surface area contributed by atoms with E-state index in [9.17, 15) is 18.0 Å². The minimum Gasteiger partial charge on any atom is -0.422 e. The van der Waals surface area contributed by atoms with E-state index in [1.807, 2.05) is 0 Å². The van der Waals surface area contributed by atoms with Crippen molar-refractivity contribution in [2.24, 2.45) is 0 Å². The molecule has 1 aromatic heterocycles. The summed E-state index contributed by atoms with van der Waals surface area (Å²) in [5.41, 5.74) is 5.40. The van der Waals surface area contributed by atoms with Crippen molar-refractivity contribution in [2.45, 2.75) is 6.18 Å². The fraction of sp³-hybridized carbons (Fsp3) is 0.0588. The Balaban J connectivity index is 1.99. The molecule has 0 spiro atoms. The molecule has 24 heavy (non-hydrogen) atoms. The minimum absolute atomic E-state index is 0.0798. The van der Waals surface area contributed by atoms with Gasteiger partial charge in [0.15, 0.2) is 0 Å². The van der Waals surface area contributed by atoms with Crippen LogP contribution < -0.4 is 10.5 Å². The lowest BCUT2D eigenvalue weighted by Crippen LogP contribution is -2.11. The molecule has 0 atom stereocenters. The summed E-state index contributed by atoms with van der Waals surface area (Å²) in [5, 5.41) is 0.299. The monoisotopic (exact) mass is 332 g/mol. The zero-order valence-corrected chi connectivity index (χ0v) is 12.2. The van der Waals surface area contributed by atoms with Crippen LogP contribution in [-0.4, -0.2) is 11.0 Å². The lowest BCUT2D eigenvalue weighted by atomic mass is 10.1. The van der Waals surface area contributed by atoms with Gasteiger partial charge in [-0.1, -0.05) is 12.1 Å². The number of esters is 1. The van der Waals surface area contributed by atoms with E-state index in [4.69, 9.17) is 10.5 Å². The van der Waals surface area contributed by atoms with Crippen molar-refractivity contribution in [3.05, 3.63) is 65.9 Å². The topological polar surface area (TPSA) is 65.2 Å². The maximum Gasteiger partial charge on any atom is 0.416 e. The SMILES string of the molecule is Nc1ccccc1C(=O)Oc1ccnc2cc(C(F)(F)F)ccc12. The molecule has 0 aliphatic rings. The van der Waals surface area contributed by atoms with Gasteiger partial charge in [-0.2, -0.15) is 13.2 Å². The van der Waals surface area contributed by atoms with Crippen LogP contribution in [0, 0.1) is 0 Å². The zero-order chi connectivity index (χ0) is 17.3. The average molecular weight is 332 g/mol. The molecular formula is C17H11F3N2O2. The number of benzene rings is 2. The van der Waals surface area contributed by atoms with E-state index in [1.54, 1.807) is 18.2 Å². The summed E-state index contributed by atoms with van der Waals surface area (Å²) in [5.74, 6) is -0.581. The summed E-state index contributed by atoms with van der Waals surface area (Å²) in [6.07, 6.45) is -3.19. The normalized spacial score (nSPS) is 11.5. The first-order valence-corrected chi connectivity index (χ1v) is 6.89. The van der Waals surface area contributed by atoms with Crippen molar-refractivity contribution in [1.82, 2.24) is 4.98 Å². The number of para-hydroxylation sites is 1. The van der Waals surface area contributed by atoms with Gasteiger partial charge in [-0.15, -0.1) is 0 Å². The average Bonchev–Trinajstić information content (AvgIpc) is 2.54. The Bertz CT molecular complexity index is 923. The van der Waals surface area contributed by atoms with Crippen LogP contribution in [0.3, 0.4) is 0 Å². The number of pyridine rings is 1. The summed E-state index contributed by atoms with van der Waals surface area (Å²) in [4.78, 5) is 16.1. The Hall–Kier alpha value is -3.09. The van der Waals surface area contributed by atoms with Crippen LogP contribution in [0.4, 0.5) is 18.9 Å². The minimum atomic E-state index is -4.47. The number of hydrogen-bond donors (Lipinski definition) is 1. The number of nitrogens with zero attached hydrogens (tertiary/aromatic N) is 1. The fourth-order valence-electron chi connectivity index (χ4n) is 2.22. The van der Waals surface area contributed by atoms with Gasteiger partial charge < -0.3 is 10.5 Å². The van der Waals surface area contributed by atoms with Crippen LogP contribution in [0.2, 0.25) is 0 Å². The van der Waals surface area contributed by atoms with Crippen molar-refractivity contribution >= 4 is 22.6 Å². The standard InChI is InChI=1S/C17H11F3N2O2/c18-17(19,20)10-5-6-12-14(9-10)22-8-7-15(12)24-16(23)11-3-1-2-4-13(11)21/h1-9H,21H2. The van der Waals surface area contributed by atoms with E-state index >= 15 is 0 Å². The molecule has 0 unspecified atom stereocenters. The number of fused-ring (bicyclic) bond motifs is 1. The van der Waals surface area contributed by atoms with Crippen molar-refractivity contribution in [3.63, 3.8) is 0 Å². The van der Waals surface area contributed by atoms with Crippen molar-refractivity contribution in [2.75, 3.05) is 5.73 Å². The second-order valence-electron chi connectivity index (χ2n) is 5.02. The van der Waals surface area contributed by atoms with Gasteiger partial charge in [0.05, 0.1) is 16.6 Å². The van der Waals surface area contributed by atoms with Crippen LogP contribution in [0.15, 0.2) is 54.7 Å². The Morgan fingerprint density at radius 1 is 1.08 bits per heavy atom. The molecule has 0 bridgehead atoms. The Morgan fingerprint density at radius 3 is 2.54 bits per heavy atom. The zero-order valence-electron chi connectivity index (χ0n) is 12.2. The number of ether oxygens (including phenoxy) is 1. The lowest BCUT2D eigenvalue weighted by Gasteiger charge is -2.11. The molecule has 3 rings (SSSR count). The summed E-state index contributed by atoms with van der Waals surface area (Å²) in [6.45, 7) is 0. The van der Waals surface area contributed by atoms with Gasteiger partial charge in [-0.25, -0.2) is 4.79 Å². The summed E-state index contributed by atoms with van der Waals surface area (Å²) in [6, 6.07) is 10.8. The van der Waals surface area contributed by atoms with Gasteiger partial charge in [0.25, 0.3) is 0 Å². The quantitative estimate of drug-likeness (QED) is 0.568. The third-order valence-corrected chi connectivity index (χ3v) is 3.41. The van der Waals surface area contributed by atoms with Crippen LogP contribution in [0.5, 0.6) is 5.75 Å². The van der Waals surface area contributed by atoms with E-state index in [2.05, 4.69) is 4.98 Å². The van der Waals surface area contributed by atoms with Gasteiger partial charge in [0.1, 0.15) is 5.75 Å². The second-order valence-corrected chi connectivity index (χ2v) is 5.02. The maximum atomic E-state index is 12.8. The van der Waals surface area contributed by atoms with Crippen molar-refractivity contribution in [3.8, 4) is 5.75 Å². The first kappa shape index (κ1) is 15.8. The van der Waals surface area contributed by atoms with E-state index < -0.39 is 17.7 Å². The summed E-state index contributed by atoms with van der Waals surface area (Å²) >= 11 is 0. The molecule has 2 N–H and O–H groups in total. The molecule has 7 heteroatoms. The molecule has 0 aliphatic carbocycles. The van der Waals surface area contributed by atoms with E-state index in [0.717, 1.165) is 12.1 Å². The molecule has 2 aromatic carbocycles. The number of carbonyl (C=O) groups excluding carboxylic acids is 1. The number of anilines is 1. The largest absolute Gasteiger partial charge is 0.422 e. The third kappa shape index (κ3) is 3.01. The number of alkyl halides is 3. The summed E-state index contributed by atoms with van der Waals surface area (Å²) < 4.78 is 43.6. The van der Waals surface area contributed by atoms with Gasteiger partial charge in [0.2, 0.25) is 0 Å². The Labute approximate surface area is 134 Å². The predicted molar refractivity (Wildman–Crippen MR) is 82.6 cm³/mol. The molecule has 4 nitrogen and oxygen atoms in total. The lowest BCUT2D eigenvalue weighted by molar-refractivity contribution is -0.137. The molecule has 3 aromatic rings. The summed E-state index contributed by atoms with van der Waals surface area (Å²) in [7, 11) is 0. The second kappa shape index (κ2) is 5.84. The number of nitrogens with two attached hydrogens (primary N) is 1. The molecule has 1 heterocycles. The molecule has 0 amide bonds.